The minimum absolute atomic E-state index is 0.232. The first kappa shape index (κ1) is 16.9. The van der Waals surface area contributed by atoms with Crippen LogP contribution in [0.3, 0.4) is 0 Å². The topological polar surface area (TPSA) is 61.2 Å². The van der Waals surface area contributed by atoms with Crippen LogP contribution in [0.25, 0.3) is 22.3 Å². The van der Waals surface area contributed by atoms with Crippen molar-refractivity contribution in [1.82, 2.24) is 9.55 Å². The zero-order chi connectivity index (χ0) is 17.8. The molecular formula is C20H20N2O3. The van der Waals surface area contributed by atoms with E-state index in [9.17, 15) is 9.59 Å². The van der Waals surface area contributed by atoms with Crippen LogP contribution in [0.15, 0.2) is 59.4 Å². The first-order chi connectivity index (χ1) is 12.2. The normalized spacial score (nSPS) is 12.1. The van der Waals surface area contributed by atoms with E-state index in [-0.39, 0.29) is 12.2 Å². The number of para-hydroxylation sites is 1. The van der Waals surface area contributed by atoms with E-state index >= 15 is 0 Å². The van der Waals surface area contributed by atoms with Crippen molar-refractivity contribution >= 4 is 16.9 Å². The van der Waals surface area contributed by atoms with Gasteiger partial charge in [0.1, 0.15) is 11.9 Å². The van der Waals surface area contributed by atoms with E-state index < -0.39 is 12.0 Å². The lowest BCUT2D eigenvalue weighted by Gasteiger charge is -2.21. The number of hydrogen-bond acceptors (Lipinski definition) is 4. The molecule has 0 radical (unpaired) electrons. The zero-order valence-corrected chi connectivity index (χ0v) is 14.3. The molecule has 1 atom stereocenters. The molecule has 0 aliphatic rings. The van der Waals surface area contributed by atoms with Gasteiger partial charge >= 0.3 is 5.97 Å². The molecule has 3 aromatic rings. The highest BCUT2D eigenvalue weighted by Gasteiger charge is 2.25. The lowest BCUT2D eigenvalue weighted by molar-refractivity contribution is -0.147. The van der Waals surface area contributed by atoms with Crippen molar-refractivity contribution in [3.05, 3.63) is 65.0 Å². The molecule has 2 aromatic carbocycles. The highest BCUT2D eigenvalue weighted by atomic mass is 16.5. The van der Waals surface area contributed by atoms with E-state index in [2.05, 4.69) is 4.98 Å². The number of carbonyl (C=O) groups excluding carboxylic acids is 1. The van der Waals surface area contributed by atoms with Gasteiger partial charge in [0.15, 0.2) is 0 Å². The Morgan fingerprint density at radius 1 is 1.08 bits per heavy atom. The maximum absolute atomic E-state index is 13.1. The minimum atomic E-state index is -0.709. The van der Waals surface area contributed by atoms with Gasteiger partial charge in [-0.05, 0) is 25.5 Å². The molecule has 0 spiro atoms. The van der Waals surface area contributed by atoms with E-state index in [0.717, 1.165) is 5.56 Å². The third kappa shape index (κ3) is 3.18. The van der Waals surface area contributed by atoms with Crippen LogP contribution < -0.4 is 5.56 Å². The van der Waals surface area contributed by atoms with Crippen molar-refractivity contribution in [2.24, 2.45) is 0 Å². The molecular weight excluding hydrogens is 316 g/mol. The fourth-order valence-electron chi connectivity index (χ4n) is 2.92. The van der Waals surface area contributed by atoms with Gasteiger partial charge in [-0.2, -0.15) is 0 Å². The van der Waals surface area contributed by atoms with Crippen LogP contribution in [-0.2, 0) is 9.53 Å². The van der Waals surface area contributed by atoms with Crippen LogP contribution in [-0.4, -0.2) is 22.1 Å². The number of carbonyl (C=O) groups is 1. The van der Waals surface area contributed by atoms with Gasteiger partial charge in [-0.1, -0.05) is 49.4 Å². The Balaban J connectivity index is 2.33. The second-order valence-corrected chi connectivity index (χ2v) is 5.67. The molecule has 0 amide bonds. The third-order valence-electron chi connectivity index (χ3n) is 4.10. The lowest BCUT2D eigenvalue weighted by atomic mass is 10.1. The van der Waals surface area contributed by atoms with E-state index in [4.69, 9.17) is 4.74 Å². The summed E-state index contributed by atoms with van der Waals surface area (Å²) in [5, 5.41) is 0.491. The highest BCUT2D eigenvalue weighted by Crippen LogP contribution is 2.24. The minimum Gasteiger partial charge on any atom is -0.464 e. The Labute approximate surface area is 145 Å². The second kappa shape index (κ2) is 7.30. The van der Waals surface area contributed by atoms with Gasteiger partial charge < -0.3 is 4.74 Å². The average molecular weight is 336 g/mol. The first-order valence-corrected chi connectivity index (χ1v) is 8.40. The molecule has 0 saturated heterocycles. The Hall–Kier alpha value is -2.95. The van der Waals surface area contributed by atoms with E-state index in [1.165, 1.54) is 4.57 Å². The number of fused-ring (bicyclic) bond motifs is 1. The van der Waals surface area contributed by atoms with Gasteiger partial charge in [-0.3, -0.25) is 9.36 Å². The number of aromatic nitrogens is 2. The van der Waals surface area contributed by atoms with Crippen molar-refractivity contribution in [2.45, 2.75) is 26.3 Å². The number of hydrogen-bond donors (Lipinski definition) is 0. The SMILES string of the molecule is CCOC(=O)C(CC)n1c(-c2ccccc2)nc2ccccc2c1=O. The Kier molecular flexibility index (Phi) is 4.93. The molecule has 0 N–H and O–H groups in total. The van der Waals surface area contributed by atoms with Crippen molar-refractivity contribution in [1.29, 1.82) is 0 Å². The molecule has 0 saturated carbocycles. The third-order valence-corrected chi connectivity index (χ3v) is 4.10. The molecule has 1 heterocycles. The molecule has 0 aliphatic carbocycles. The summed E-state index contributed by atoms with van der Waals surface area (Å²) in [5.41, 5.74) is 1.17. The first-order valence-electron chi connectivity index (χ1n) is 8.40. The Morgan fingerprint density at radius 3 is 2.44 bits per heavy atom. The summed E-state index contributed by atoms with van der Waals surface area (Å²) in [6.45, 7) is 3.88. The molecule has 0 bridgehead atoms. The summed E-state index contributed by atoms with van der Waals surface area (Å²) in [5.74, 6) is 0.0607. The number of nitrogens with zero attached hydrogens (tertiary/aromatic N) is 2. The maximum atomic E-state index is 13.1. The monoisotopic (exact) mass is 336 g/mol. The lowest BCUT2D eigenvalue weighted by Crippen LogP contribution is -2.33. The largest absolute Gasteiger partial charge is 0.464 e. The number of ether oxygens (including phenoxy) is 1. The standard InChI is InChI=1S/C20H20N2O3/c1-3-17(20(24)25-4-2)22-18(14-10-6-5-7-11-14)21-16-13-9-8-12-15(16)19(22)23/h5-13,17H,3-4H2,1-2H3. The van der Waals surface area contributed by atoms with Crippen LogP contribution >= 0.6 is 0 Å². The number of benzene rings is 2. The second-order valence-electron chi connectivity index (χ2n) is 5.67. The van der Waals surface area contributed by atoms with Crippen molar-refractivity contribution in [2.75, 3.05) is 6.61 Å². The van der Waals surface area contributed by atoms with E-state index in [1.54, 1.807) is 25.1 Å². The molecule has 25 heavy (non-hydrogen) atoms. The van der Waals surface area contributed by atoms with Crippen LogP contribution in [0, 0.1) is 0 Å². The van der Waals surface area contributed by atoms with Gasteiger partial charge in [-0.15, -0.1) is 0 Å². The molecule has 1 aromatic heterocycles. The summed E-state index contributed by atoms with van der Waals surface area (Å²) >= 11 is 0. The summed E-state index contributed by atoms with van der Waals surface area (Å²) in [7, 11) is 0. The van der Waals surface area contributed by atoms with Gasteiger partial charge in [0.25, 0.3) is 5.56 Å². The molecule has 128 valence electrons. The summed E-state index contributed by atoms with van der Waals surface area (Å²) in [6, 6.07) is 15.9. The smallest absolute Gasteiger partial charge is 0.329 e. The fourth-order valence-corrected chi connectivity index (χ4v) is 2.92. The number of esters is 1. The maximum Gasteiger partial charge on any atom is 0.329 e. The van der Waals surface area contributed by atoms with Crippen molar-refractivity contribution in [3.63, 3.8) is 0 Å². The highest BCUT2D eigenvalue weighted by molar-refractivity contribution is 5.81. The summed E-state index contributed by atoms with van der Waals surface area (Å²) in [4.78, 5) is 30.3. The van der Waals surface area contributed by atoms with E-state index in [1.807, 2.05) is 43.3 Å². The van der Waals surface area contributed by atoms with Crippen molar-refractivity contribution < 1.29 is 9.53 Å². The fraction of sp³-hybridized carbons (Fsp3) is 0.250. The van der Waals surface area contributed by atoms with Gasteiger partial charge in [0.2, 0.25) is 0 Å². The van der Waals surface area contributed by atoms with Crippen LogP contribution in [0.4, 0.5) is 0 Å². The molecule has 1 unspecified atom stereocenters. The molecule has 3 rings (SSSR count). The van der Waals surface area contributed by atoms with Crippen LogP contribution in [0.2, 0.25) is 0 Å². The predicted octanol–water partition coefficient (Wildman–Crippen LogP) is 3.58. The van der Waals surface area contributed by atoms with E-state index in [0.29, 0.717) is 23.1 Å². The van der Waals surface area contributed by atoms with Crippen LogP contribution in [0.5, 0.6) is 0 Å². The molecule has 0 fully saturated rings. The predicted molar refractivity (Wildman–Crippen MR) is 97.4 cm³/mol. The molecule has 5 heteroatoms. The van der Waals surface area contributed by atoms with Crippen LogP contribution in [0.1, 0.15) is 26.3 Å². The molecule has 5 nitrogen and oxygen atoms in total. The van der Waals surface area contributed by atoms with Gasteiger partial charge in [-0.25, -0.2) is 9.78 Å². The van der Waals surface area contributed by atoms with Gasteiger partial charge in [0, 0.05) is 5.56 Å². The zero-order valence-electron chi connectivity index (χ0n) is 14.3. The van der Waals surface area contributed by atoms with Gasteiger partial charge in [0.05, 0.1) is 17.5 Å². The summed E-state index contributed by atoms with van der Waals surface area (Å²) < 4.78 is 6.65. The number of rotatable bonds is 5. The van der Waals surface area contributed by atoms with Crippen molar-refractivity contribution in [3.8, 4) is 11.4 Å². The Bertz CT molecular complexity index is 948. The quantitative estimate of drug-likeness (QED) is 0.668. The Morgan fingerprint density at radius 2 is 1.76 bits per heavy atom. The molecule has 0 aliphatic heterocycles. The summed E-state index contributed by atoms with van der Waals surface area (Å²) in [6.07, 6.45) is 0.443. The average Bonchev–Trinajstić information content (AvgIpc) is 2.65.